The fourth-order valence-corrected chi connectivity index (χ4v) is 3.63. The molecule has 1 aromatic carbocycles. The zero-order valence-corrected chi connectivity index (χ0v) is 13.2. The lowest BCUT2D eigenvalue weighted by Crippen LogP contribution is -2.32. The molecule has 0 fully saturated rings. The number of amides is 1. The Balaban J connectivity index is 1.61. The van der Waals surface area contributed by atoms with E-state index in [4.69, 9.17) is 5.26 Å². The molecule has 0 saturated carbocycles. The van der Waals surface area contributed by atoms with E-state index in [-0.39, 0.29) is 5.91 Å². The van der Waals surface area contributed by atoms with Crippen LogP contribution >= 0.6 is 11.3 Å². The second kappa shape index (κ2) is 6.20. The first-order valence-electron chi connectivity index (χ1n) is 7.31. The van der Waals surface area contributed by atoms with Crippen LogP contribution in [-0.2, 0) is 11.2 Å². The highest BCUT2D eigenvalue weighted by Gasteiger charge is 2.25. The van der Waals surface area contributed by atoms with E-state index < -0.39 is 0 Å². The molecule has 1 aromatic heterocycles. The van der Waals surface area contributed by atoms with Crippen LogP contribution in [0, 0.1) is 11.3 Å². The number of benzene rings is 1. The Labute approximate surface area is 134 Å². The molecule has 5 heteroatoms. The number of anilines is 2. The van der Waals surface area contributed by atoms with Gasteiger partial charge in [0.25, 0.3) is 0 Å². The number of carbonyl (C=O) groups excluding carboxylic acids is 1. The SMILES string of the molecule is C[C@@H]1Cc2ccccc2N1CCC(=O)Nc1sccc1C#N. The van der Waals surface area contributed by atoms with Gasteiger partial charge in [0.1, 0.15) is 11.1 Å². The van der Waals surface area contributed by atoms with Gasteiger partial charge in [0, 0.05) is 24.7 Å². The van der Waals surface area contributed by atoms with E-state index in [0.29, 0.717) is 29.6 Å². The standard InChI is InChI=1S/C17H17N3OS/c1-12-10-13-4-2-3-5-15(13)20(12)8-6-16(21)19-17-14(11-18)7-9-22-17/h2-5,7,9,12H,6,8,10H2,1H3,(H,19,21)/t12-/m1/s1. The predicted octanol–water partition coefficient (Wildman–Crippen LogP) is 3.40. The van der Waals surface area contributed by atoms with E-state index in [1.165, 1.54) is 22.6 Å². The molecule has 1 N–H and O–H groups in total. The molecule has 0 unspecified atom stereocenters. The lowest BCUT2D eigenvalue weighted by Gasteiger charge is -2.24. The molecule has 3 rings (SSSR count). The predicted molar refractivity (Wildman–Crippen MR) is 89.2 cm³/mol. The summed E-state index contributed by atoms with van der Waals surface area (Å²) in [5.41, 5.74) is 3.11. The smallest absolute Gasteiger partial charge is 0.226 e. The minimum absolute atomic E-state index is 0.0458. The number of carbonyl (C=O) groups is 1. The first kappa shape index (κ1) is 14.6. The van der Waals surface area contributed by atoms with E-state index in [1.807, 2.05) is 11.4 Å². The lowest BCUT2D eigenvalue weighted by atomic mass is 10.1. The molecule has 2 heterocycles. The lowest BCUT2D eigenvalue weighted by molar-refractivity contribution is -0.116. The molecule has 1 atom stereocenters. The van der Waals surface area contributed by atoms with Crippen molar-refractivity contribution in [1.82, 2.24) is 0 Å². The number of nitrogens with zero attached hydrogens (tertiary/aromatic N) is 2. The summed E-state index contributed by atoms with van der Waals surface area (Å²) in [6, 6.07) is 12.6. The number of hydrogen-bond donors (Lipinski definition) is 1. The molecule has 1 amide bonds. The topological polar surface area (TPSA) is 56.1 Å². The fraction of sp³-hybridized carbons (Fsp3) is 0.294. The highest BCUT2D eigenvalue weighted by atomic mass is 32.1. The maximum absolute atomic E-state index is 12.1. The van der Waals surface area contributed by atoms with Crippen molar-refractivity contribution in [3.8, 4) is 6.07 Å². The van der Waals surface area contributed by atoms with E-state index >= 15 is 0 Å². The van der Waals surface area contributed by atoms with Gasteiger partial charge >= 0.3 is 0 Å². The molecule has 2 aromatic rings. The molecule has 4 nitrogen and oxygen atoms in total. The molecular weight excluding hydrogens is 294 g/mol. The van der Waals surface area contributed by atoms with Gasteiger partial charge in [0.2, 0.25) is 5.91 Å². The summed E-state index contributed by atoms with van der Waals surface area (Å²) in [6.07, 6.45) is 1.45. The third kappa shape index (κ3) is 2.83. The summed E-state index contributed by atoms with van der Waals surface area (Å²) >= 11 is 1.38. The Morgan fingerprint density at radius 1 is 1.45 bits per heavy atom. The third-order valence-electron chi connectivity index (χ3n) is 3.97. The Morgan fingerprint density at radius 3 is 3.09 bits per heavy atom. The molecule has 0 radical (unpaired) electrons. The van der Waals surface area contributed by atoms with Crippen LogP contribution in [-0.4, -0.2) is 18.5 Å². The largest absolute Gasteiger partial charge is 0.368 e. The van der Waals surface area contributed by atoms with Crippen LogP contribution in [0.4, 0.5) is 10.7 Å². The fourth-order valence-electron chi connectivity index (χ4n) is 2.88. The summed E-state index contributed by atoms with van der Waals surface area (Å²) in [5.74, 6) is -0.0458. The van der Waals surface area contributed by atoms with Crippen LogP contribution in [0.1, 0.15) is 24.5 Å². The highest BCUT2D eigenvalue weighted by Crippen LogP contribution is 2.31. The second-order valence-electron chi connectivity index (χ2n) is 5.45. The van der Waals surface area contributed by atoms with Gasteiger partial charge in [-0.25, -0.2) is 0 Å². The molecule has 22 heavy (non-hydrogen) atoms. The van der Waals surface area contributed by atoms with E-state index in [9.17, 15) is 4.79 Å². The van der Waals surface area contributed by atoms with Gasteiger partial charge in [-0.05, 0) is 36.4 Å². The zero-order chi connectivity index (χ0) is 15.5. The first-order valence-corrected chi connectivity index (χ1v) is 8.19. The molecule has 0 bridgehead atoms. The summed E-state index contributed by atoms with van der Waals surface area (Å²) in [6.45, 7) is 2.88. The van der Waals surface area contributed by atoms with Gasteiger partial charge in [0.15, 0.2) is 0 Å². The zero-order valence-electron chi connectivity index (χ0n) is 12.4. The van der Waals surface area contributed by atoms with Crippen molar-refractivity contribution >= 4 is 27.9 Å². The average Bonchev–Trinajstić information content (AvgIpc) is 3.08. The normalized spacial score (nSPS) is 16.2. The second-order valence-corrected chi connectivity index (χ2v) is 6.36. The van der Waals surface area contributed by atoms with Crippen LogP contribution < -0.4 is 10.2 Å². The Hall–Kier alpha value is -2.32. The molecule has 1 aliphatic rings. The number of hydrogen-bond acceptors (Lipinski definition) is 4. The maximum Gasteiger partial charge on any atom is 0.226 e. The Kier molecular flexibility index (Phi) is 4.12. The van der Waals surface area contributed by atoms with Crippen molar-refractivity contribution < 1.29 is 4.79 Å². The van der Waals surface area contributed by atoms with Crippen LogP contribution in [0.5, 0.6) is 0 Å². The summed E-state index contributed by atoms with van der Waals surface area (Å²) < 4.78 is 0. The number of rotatable bonds is 4. The van der Waals surface area contributed by atoms with Crippen molar-refractivity contribution in [2.24, 2.45) is 0 Å². The number of para-hydroxylation sites is 1. The maximum atomic E-state index is 12.1. The first-order chi connectivity index (χ1) is 10.7. The van der Waals surface area contributed by atoms with Crippen molar-refractivity contribution in [3.63, 3.8) is 0 Å². The van der Waals surface area contributed by atoms with Gasteiger partial charge in [0.05, 0.1) is 5.56 Å². The van der Waals surface area contributed by atoms with E-state index in [2.05, 4.69) is 41.4 Å². The molecule has 0 saturated heterocycles. The molecule has 112 valence electrons. The number of nitrogens with one attached hydrogen (secondary N) is 1. The number of nitriles is 1. The van der Waals surface area contributed by atoms with Gasteiger partial charge in [-0.3, -0.25) is 4.79 Å². The summed E-state index contributed by atoms with van der Waals surface area (Å²) in [4.78, 5) is 14.4. The number of fused-ring (bicyclic) bond motifs is 1. The van der Waals surface area contributed by atoms with Crippen LogP contribution in [0.3, 0.4) is 0 Å². The van der Waals surface area contributed by atoms with Gasteiger partial charge < -0.3 is 10.2 Å². The number of thiophene rings is 1. The minimum Gasteiger partial charge on any atom is -0.368 e. The Bertz CT molecular complexity index is 732. The van der Waals surface area contributed by atoms with Crippen LogP contribution in [0.15, 0.2) is 35.7 Å². The van der Waals surface area contributed by atoms with Crippen molar-refractivity contribution in [1.29, 1.82) is 5.26 Å². The van der Waals surface area contributed by atoms with Gasteiger partial charge in [-0.2, -0.15) is 5.26 Å². The summed E-state index contributed by atoms with van der Waals surface area (Å²) in [7, 11) is 0. The highest BCUT2D eigenvalue weighted by molar-refractivity contribution is 7.14. The van der Waals surface area contributed by atoms with Crippen LogP contribution in [0.25, 0.3) is 0 Å². The van der Waals surface area contributed by atoms with Crippen molar-refractivity contribution in [3.05, 3.63) is 46.8 Å². The minimum atomic E-state index is -0.0458. The average molecular weight is 311 g/mol. The molecular formula is C17H17N3OS. The van der Waals surface area contributed by atoms with Crippen molar-refractivity contribution in [2.45, 2.75) is 25.8 Å². The van der Waals surface area contributed by atoms with Gasteiger partial charge in [-0.15, -0.1) is 11.3 Å². The molecule has 1 aliphatic heterocycles. The molecule has 0 aliphatic carbocycles. The quantitative estimate of drug-likeness (QED) is 0.941. The molecule has 0 spiro atoms. The van der Waals surface area contributed by atoms with E-state index in [0.717, 1.165) is 6.42 Å². The van der Waals surface area contributed by atoms with Crippen LogP contribution in [0.2, 0.25) is 0 Å². The van der Waals surface area contributed by atoms with Gasteiger partial charge in [-0.1, -0.05) is 18.2 Å². The Morgan fingerprint density at radius 2 is 2.27 bits per heavy atom. The third-order valence-corrected chi connectivity index (χ3v) is 4.80. The monoisotopic (exact) mass is 311 g/mol. The summed E-state index contributed by atoms with van der Waals surface area (Å²) in [5, 5.41) is 14.3. The van der Waals surface area contributed by atoms with E-state index in [1.54, 1.807) is 6.07 Å². The van der Waals surface area contributed by atoms with Crippen molar-refractivity contribution in [2.75, 3.05) is 16.8 Å².